The Morgan fingerprint density at radius 3 is 2.47 bits per heavy atom. The molecule has 0 saturated heterocycles. The van der Waals surface area contributed by atoms with Crippen LogP contribution in [0.2, 0.25) is 0 Å². The van der Waals surface area contributed by atoms with Crippen LogP contribution >= 0.6 is 43.2 Å². The molecule has 0 bridgehead atoms. The molecule has 1 atom stereocenters. The minimum atomic E-state index is -0.745. The van der Waals surface area contributed by atoms with E-state index in [9.17, 15) is 14.4 Å². The Kier molecular flexibility index (Phi) is 8.69. The lowest BCUT2D eigenvalue weighted by Crippen LogP contribution is -2.39. The standard InChI is InChI=1S/C27H24Br2N2O6S/c1-5-35-19-9-7-16(8-10-19)23-22(26(34)36-6-2)14(3)30-27-31(23)25(33)21(38-27)12-17-11-18(28)13-20(29)24(17)37-15(4)32/h7-13,23H,5-6H2,1-4H3/b21-12-/t23-/m1/s1. The molecule has 2 heterocycles. The number of ether oxygens (including phenoxy) is 3. The highest BCUT2D eigenvalue weighted by molar-refractivity contribution is 9.11. The third-order valence-electron chi connectivity index (χ3n) is 5.59. The largest absolute Gasteiger partial charge is 0.494 e. The second-order valence-electron chi connectivity index (χ2n) is 8.20. The summed E-state index contributed by atoms with van der Waals surface area (Å²) in [4.78, 5) is 43.7. The molecule has 2 aromatic carbocycles. The molecule has 198 valence electrons. The van der Waals surface area contributed by atoms with Crippen molar-refractivity contribution in [3.05, 3.63) is 87.4 Å². The molecule has 0 radical (unpaired) electrons. The smallest absolute Gasteiger partial charge is 0.338 e. The van der Waals surface area contributed by atoms with Gasteiger partial charge in [-0.3, -0.25) is 14.2 Å². The predicted molar refractivity (Wildman–Crippen MR) is 151 cm³/mol. The number of fused-ring (bicyclic) bond motifs is 1. The highest BCUT2D eigenvalue weighted by Crippen LogP contribution is 2.34. The van der Waals surface area contributed by atoms with Gasteiger partial charge in [0.15, 0.2) is 10.6 Å². The Bertz CT molecular complexity index is 1620. The van der Waals surface area contributed by atoms with Crippen molar-refractivity contribution < 1.29 is 23.8 Å². The van der Waals surface area contributed by atoms with Crippen molar-refractivity contribution in [3.63, 3.8) is 0 Å². The van der Waals surface area contributed by atoms with E-state index in [-0.39, 0.29) is 17.9 Å². The lowest BCUT2D eigenvalue weighted by atomic mass is 9.96. The Morgan fingerprint density at radius 2 is 1.84 bits per heavy atom. The fourth-order valence-electron chi connectivity index (χ4n) is 4.10. The fourth-order valence-corrected chi connectivity index (χ4v) is 6.48. The summed E-state index contributed by atoms with van der Waals surface area (Å²) in [5.74, 6) is -0.0532. The van der Waals surface area contributed by atoms with Crippen LogP contribution in [0.5, 0.6) is 11.5 Å². The Morgan fingerprint density at radius 1 is 1.13 bits per heavy atom. The van der Waals surface area contributed by atoms with E-state index in [0.717, 1.165) is 4.47 Å². The Labute approximate surface area is 239 Å². The van der Waals surface area contributed by atoms with Gasteiger partial charge in [-0.25, -0.2) is 9.79 Å². The van der Waals surface area contributed by atoms with E-state index in [4.69, 9.17) is 14.2 Å². The molecule has 0 unspecified atom stereocenters. The minimum Gasteiger partial charge on any atom is -0.494 e. The molecule has 1 aliphatic rings. The molecule has 0 saturated carbocycles. The maximum Gasteiger partial charge on any atom is 0.338 e. The Hall–Kier alpha value is -3.02. The number of esters is 2. The van der Waals surface area contributed by atoms with Crippen molar-refractivity contribution in [2.24, 2.45) is 4.99 Å². The lowest BCUT2D eigenvalue weighted by molar-refractivity contribution is -0.139. The summed E-state index contributed by atoms with van der Waals surface area (Å²) in [5, 5.41) is 0. The van der Waals surface area contributed by atoms with Crippen LogP contribution in [-0.4, -0.2) is 29.7 Å². The fraction of sp³-hybridized carbons (Fsp3) is 0.259. The third kappa shape index (κ3) is 5.69. The van der Waals surface area contributed by atoms with Crippen LogP contribution in [0, 0.1) is 0 Å². The summed E-state index contributed by atoms with van der Waals surface area (Å²) in [6, 6.07) is 10.0. The van der Waals surface area contributed by atoms with Gasteiger partial charge in [0.1, 0.15) is 5.75 Å². The van der Waals surface area contributed by atoms with E-state index >= 15 is 0 Å². The maximum atomic E-state index is 13.9. The van der Waals surface area contributed by atoms with Gasteiger partial charge in [0.05, 0.1) is 39.5 Å². The first kappa shape index (κ1) is 28.0. The average molecular weight is 664 g/mol. The van der Waals surface area contributed by atoms with Crippen LogP contribution in [0.1, 0.15) is 44.9 Å². The van der Waals surface area contributed by atoms with Crippen LogP contribution in [-0.2, 0) is 14.3 Å². The van der Waals surface area contributed by atoms with Crippen molar-refractivity contribution in [2.45, 2.75) is 33.7 Å². The number of thiazole rings is 1. The number of nitrogens with zero attached hydrogens (tertiary/aromatic N) is 2. The zero-order valence-electron chi connectivity index (χ0n) is 21.0. The van der Waals surface area contributed by atoms with Crippen LogP contribution in [0.3, 0.4) is 0 Å². The number of benzene rings is 2. The summed E-state index contributed by atoms with van der Waals surface area (Å²) in [7, 11) is 0. The quantitative estimate of drug-likeness (QED) is 0.270. The van der Waals surface area contributed by atoms with Gasteiger partial charge in [0.25, 0.3) is 5.56 Å². The molecule has 4 rings (SSSR count). The van der Waals surface area contributed by atoms with Crippen molar-refractivity contribution >= 4 is 61.2 Å². The highest BCUT2D eigenvalue weighted by Gasteiger charge is 2.33. The van der Waals surface area contributed by atoms with E-state index in [1.165, 1.54) is 22.8 Å². The number of rotatable bonds is 7. The van der Waals surface area contributed by atoms with Gasteiger partial charge in [-0.05, 0) is 72.6 Å². The first-order valence-electron chi connectivity index (χ1n) is 11.7. The Balaban J connectivity index is 1.95. The number of hydrogen-bond donors (Lipinski definition) is 0. The van der Waals surface area contributed by atoms with Gasteiger partial charge in [0.2, 0.25) is 0 Å². The number of carbonyl (C=O) groups is 2. The maximum absolute atomic E-state index is 13.9. The summed E-state index contributed by atoms with van der Waals surface area (Å²) >= 11 is 8.06. The van der Waals surface area contributed by atoms with Crippen molar-refractivity contribution in [1.29, 1.82) is 0 Å². The van der Waals surface area contributed by atoms with Crippen molar-refractivity contribution in [3.8, 4) is 11.5 Å². The minimum absolute atomic E-state index is 0.187. The topological polar surface area (TPSA) is 96.2 Å². The molecule has 8 nitrogen and oxygen atoms in total. The van der Waals surface area contributed by atoms with E-state index in [1.807, 2.05) is 19.1 Å². The van der Waals surface area contributed by atoms with Gasteiger partial charge in [-0.15, -0.1) is 0 Å². The van der Waals surface area contributed by atoms with Crippen LogP contribution in [0.25, 0.3) is 6.08 Å². The monoisotopic (exact) mass is 662 g/mol. The SMILES string of the molecule is CCOC(=O)C1=C(C)N=c2s/c(=C\c3cc(Br)cc(Br)c3OC(C)=O)c(=O)n2[C@@H]1c1ccc(OCC)cc1. The molecule has 0 spiro atoms. The molecular weight excluding hydrogens is 640 g/mol. The van der Waals surface area contributed by atoms with Gasteiger partial charge >= 0.3 is 11.9 Å². The normalized spacial score (nSPS) is 15.1. The van der Waals surface area contributed by atoms with E-state index in [2.05, 4.69) is 36.9 Å². The number of hydrogen-bond acceptors (Lipinski definition) is 8. The van der Waals surface area contributed by atoms with E-state index in [1.54, 1.807) is 44.2 Å². The molecule has 3 aromatic rings. The number of allylic oxidation sites excluding steroid dienone is 1. The van der Waals surface area contributed by atoms with Gasteiger partial charge < -0.3 is 14.2 Å². The molecule has 1 aromatic heterocycles. The second kappa shape index (κ2) is 11.8. The second-order valence-corrected chi connectivity index (χ2v) is 11.0. The zero-order chi connectivity index (χ0) is 27.6. The van der Waals surface area contributed by atoms with Gasteiger partial charge in [-0.2, -0.15) is 0 Å². The number of halogens is 2. The predicted octanol–water partition coefficient (Wildman–Crippen LogP) is 4.65. The first-order valence-corrected chi connectivity index (χ1v) is 14.1. The zero-order valence-corrected chi connectivity index (χ0v) is 25.0. The van der Waals surface area contributed by atoms with Crippen LogP contribution < -0.4 is 24.4 Å². The number of aromatic nitrogens is 1. The molecule has 0 aliphatic carbocycles. The van der Waals surface area contributed by atoms with Crippen LogP contribution in [0.15, 0.2) is 66.4 Å². The summed E-state index contributed by atoms with van der Waals surface area (Å²) in [5.41, 5.74) is 1.66. The summed E-state index contributed by atoms with van der Waals surface area (Å²) in [6.07, 6.45) is 1.65. The molecule has 0 N–H and O–H groups in total. The van der Waals surface area contributed by atoms with E-state index < -0.39 is 18.0 Å². The summed E-state index contributed by atoms with van der Waals surface area (Å²) in [6.45, 7) is 7.37. The summed E-state index contributed by atoms with van der Waals surface area (Å²) < 4.78 is 19.5. The lowest BCUT2D eigenvalue weighted by Gasteiger charge is -2.24. The number of carbonyl (C=O) groups excluding carboxylic acids is 2. The van der Waals surface area contributed by atoms with Crippen molar-refractivity contribution in [1.82, 2.24) is 4.57 Å². The first-order chi connectivity index (χ1) is 18.1. The van der Waals surface area contributed by atoms with Crippen LogP contribution in [0.4, 0.5) is 0 Å². The molecule has 1 aliphatic heterocycles. The molecule has 0 amide bonds. The van der Waals surface area contributed by atoms with E-state index in [0.29, 0.717) is 48.6 Å². The third-order valence-corrected chi connectivity index (χ3v) is 7.62. The highest BCUT2D eigenvalue weighted by atomic mass is 79.9. The van der Waals surface area contributed by atoms with Gasteiger partial charge in [-0.1, -0.05) is 39.4 Å². The molecular formula is C27H24Br2N2O6S. The molecule has 11 heteroatoms. The van der Waals surface area contributed by atoms with Crippen molar-refractivity contribution in [2.75, 3.05) is 13.2 Å². The molecule has 38 heavy (non-hydrogen) atoms. The average Bonchev–Trinajstić information content (AvgIpc) is 3.15. The van der Waals surface area contributed by atoms with Gasteiger partial charge in [0, 0.05) is 17.0 Å². The molecule has 0 fully saturated rings.